The monoisotopic (exact) mass is 298 g/mol. The van der Waals surface area contributed by atoms with E-state index in [1.54, 1.807) is 0 Å². The van der Waals surface area contributed by atoms with Crippen LogP contribution >= 0.6 is 11.6 Å². The first-order valence-electron chi connectivity index (χ1n) is 6.65. The van der Waals surface area contributed by atoms with E-state index in [9.17, 15) is 0 Å². The number of rotatable bonds is 2. The Balaban J connectivity index is 2.22. The van der Waals surface area contributed by atoms with Crippen LogP contribution in [-0.4, -0.2) is 5.16 Å². The van der Waals surface area contributed by atoms with Gasteiger partial charge in [0.1, 0.15) is 5.69 Å². The van der Waals surface area contributed by atoms with E-state index < -0.39 is 0 Å². The smallest absolute Gasteiger partial charge is 0.230 e. The third-order valence-electron chi connectivity index (χ3n) is 3.56. The van der Waals surface area contributed by atoms with Gasteiger partial charge in [-0.15, -0.1) is 0 Å². The van der Waals surface area contributed by atoms with Crippen molar-refractivity contribution in [2.75, 3.05) is 5.73 Å². The van der Waals surface area contributed by atoms with E-state index >= 15 is 0 Å². The minimum absolute atomic E-state index is 0.326. The van der Waals surface area contributed by atoms with E-state index in [4.69, 9.17) is 21.9 Å². The van der Waals surface area contributed by atoms with Crippen LogP contribution in [0, 0.1) is 13.8 Å². The van der Waals surface area contributed by atoms with Crippen LogP contribution in [0.2, 0.25) is 5.02 Å². The molecule has 3 aromatic rings. The van der Waals surface area contributed by atoms with Crippen LogP contribution in [0.15, 0.2) is 47.0 Å². The zero-order chi connectivity index (χ0) is 15.0. The van der Waals surface area contributed by atoms with Crippen LogP contribution in [0.3, 0.4) is 0 Å². The standard InChI is InChI=1S/C17H15ClN2O/c1-10-5-3-4-6-13(10)15-16(20-21-17(15)19)12-7-8-14(18)11(2)9-12/h3-9H,19H2,1-2H3. The zero-order valence-corrected chi connectivity index (χ0v) is 12.6. The van der Waals surface area contributed by atoms with Crippen molar-refractivity contribution in [1.82, 2.24) is 5.16 Å². The maximum Gasteiger partial charge on any atom is 0.230 e. The average molecular weight is 299 g/mol. The second-order valence-electron chi connectivity index (χ2n) is 5.05. The van der Waals surface area contributed by atoms with E-state index in [-0.39, 0.29) is 0 Å². The Bertz CT molecular complexity index is 808. The summed E-state index contributed by atoms with van der Waals surface area (Å²) in [6.07, 6.45) is 0. The quantitative estimate of drug-likeness (QED) is 0.735. The van der Waals surface area contributed by atoms with Gasteiger partial charge in [-0.25, -0.2) is 0 Å². The van der Waals surface area contributed by atoms with Gasteiger partial charge in [0.25, 0.3) is 0 Å². The second-order valence-corrected chi connectivity index (χ2v) is 5.46. The largest absolute Gasteiger partial charge is 0.367 e. The highest BCUT2D eigenvalue weighted by Crippen LogP contribution is 2.38. The molecule has 0 unspecified atom stereocenters. The normalized spacial score (nSPS) is 10.8. The Morgan fingerprint density at radius 1 is 1.05 bits per heavy atom. The Kier molecular flexibility index (Phi) is 3.43. The summed E-state index contributed by atoms with van der Waals surface area (Å²) in [4.78, 5) is 0. The van der Waals surface area contributed by atoms with Crippen LogP contribution in [-0.2, 0) is 0 Å². The molecular formula is C17H15ClN2O. The highest BCUT2D eigenvalue weighted by Gasteiger charge is 2.19. The molecule has 106 valence electrons. The Hall–Kier alpha value is -2.26. The molecule has 0 bridgehead atoms. The van der Waals surface area contributed by atoms with Gasteiger partial charge in [0.05, 0.1) is 5.56 Å². The number of hydrogen-bond donors (Lipinski definition) is 1. The van der Waals surface area contributed by atoms with E-state index in [0.29, 0.717) is 5.88 Å². The Labute approximate surface area is 128 Å². The minimum Gasteiger partial charge on any atom is -0.367 e. The van der Waals surface area contributed by atoms with Gasteiger partial charge in [-0.05, 0) is 42.7 Å². The molecular weight excluding hydrogens is 284 g/mol. The Morgan fingerprint density at radius 3 is 2.52 bits per heavy atom. The predicted octanol–water partition coefficient (Wildman–Crippen LogP) is 4.86. The highest BCUT2D eigenvalue weighted by molar-refractivity contribution is 6.31. The summed E-state index contributed by atoms with van der Waals surface area (Å²) >= 11 is 6.09. The number of aromatic nitrogens is 1. The van der Waals surface area contributed by atoms with Crippen molar-refractivity contribution in [2.24, 2.45) is 0 Å². The summed E-state index contributed by atoms with van der Waals surface area (Å²) in [6, 6.07) is 13.8. The molecule has 0 fully saturated rings. The summed E-state index contributed by atoms with van der Waals surface area (Å²) in [5.74, 6) is 0.326. The molecule has 1 aromatic heterocycles. The van der Waals surface area contributed by atoms with Gasteiger partial charge < -0.3 is 10.3 Å². The van der Waals surface area contributed by atoms with Crippen molar-refractivity contribution in [1.29, 1.82) is 0 Å². The summed E-state index contributed by atoms with van der Waals surface area (Å²) in [6.45, 7) is 4.00. The molecule has 0 aliphatic heterocycles. The van der Waals surface area contributed by atoms with E-state index in [2.05, 4.69) is 5.16 Å². The lowest BCUT2D eigenvalue weighted by Gasteiger charge is -2.07. The lowest BCUT2D eigenvalue weighted by Crippen LogP contribution is -1.90. The number of nitrogen functional groups attached to an aromatic ring is 1. The maximum atomic E-state index is 6.09. The van der Waals surface area contributed by atoms with Crippen molar-refractivity contribution in [3.8, 4) is 22.4 Å². The SMILES string of the molecule is Cc1cc(-c2noc(N)c2-c2ccccc2C)ccc1Cl. The molecule has 0 radical (unpaired) electrons. The number of hydrogen-bond acceptors (Lipinski definition) is 3. The fraction of sp³-hybridized carbons (Fsp3) is 0.118. The molecule has 21 heavy (non-hydrogen) atoms. The summed E-state index contributed by atoms with van der Waals surface area (Å²) in [5.41, 5.74) is 11.6. The third kappa shape index (κ3) is 2.41. The van der Waals surface area contributed by atoms with Crippen LogP contribution < -0.4 is 5.73 Å². The molecule has 4 heteroatoms. The van der Waals surface area contributed by atoms with E-state index in [1.165, 1.54) is 0 Å². The van der Waals surface area contributed by atoms with Crippen molar-refractivity contribution < 1.29 is 4.52 Å². The summed E-state index contributed by atoms with van der Waals surface area (Å²) in [7, 11) is 0. The molecule has 0 aliphatic carbocycles. The number of anilines is 1. The first-order chi connectivity index (χ1) is 10.1. The van der Waals surface area contributed by atoms with Crippen molar-refractivity contribution in [3.63, 3.8) is 0 Å². The van der Waals surface area contributed by atoms with Crippen molar-refractivity contribution in [3.05, 3.63) is 58.6 Å². The molecule has 0 atom stereocenters. The fourth-order valence-electron chi connectivity index (χ4n) is 2.41. The average Bonchev–Trinajstić information content (AvgIpc) is 2.84. The Morgan fingerprint density at radius 2 is 1.81 bits per heavy atom. The molecule has 1 heterocycles. The lowest BCUT2D eigenvalue weighted by molar-refractivity contribution is 0.439. The van der Waals surface area contributed by atoms with Crippen LogP contribution in [0.5, 0.6) is 0 Å². The molecule has 0 aliphatic rings. The topological polar surface area (TPSA) is 52.0 Å². The lowest BCUT2D eigenvalue weighted by atomic mass is 9.97. The first kappa shape index (κ1) is 13.7. The number of halogens is 1. The highest BCUT2D eigenvalue weighted by atomic mass is 35.5. The summed E-state index contributed by atoms with van der Waals surface area (Å²) < 4.78 is 5.22. The van der Waals surface area contributed by atoms with Crippen LogP contribution in [0.25, 0.3) is 22.4 Å². The van der Waals surface area contributed by atoms with Gasteiger partial charge in [0.2, 0.25) is 5.88 Å². The number of nitrogens with zero attached hydrogens (tertiary/aromatic N) is 1. The molecule has 3 rings (SSSR count). The van der Waals surface area contributed by atoms with Gasteiger partial charge in [0, 0.05) is 10.6 Å². The second kappa shape index (κ2) is 5.26. The van der Waals surface area contributed by atoms with Gasteiger partial charge in [-0.3, -0.25) is 0 Å². The first-order valence-corrected chi connectivity index (χ1v) is 7.03. The fourth-order valence-corrected chi connectivity index (χ4v) is 2.52. The van der Waals surface area contributed by atoms with Crippen molar-refractivity contribution >= 4 is 17.5 Å². The summed E-state index contributed by atoms with van der Waals surface area (Å²) in [5, 5.41) is 4.86. The van der Waals surface area contributed by atoms with Crippen LogP contribution in [0.1, 0.15) is 11.1 Å². The van der Waals surface area contributed by atoms with Crippen LogP contribution in [0.4, 0.5) is 5.88 Å². The number of nitrogens with two attached hydrogens (primary N) is 1. The molecule has 2 N–H and O–H groups in total. The molecule has 0 saturated heterocycles. The predicted molar refractivity (Wildman–Crippen MR) is 86.3 cm³/mol. The molecule has 0 spiro atoms. The molecule has 2 aromatic carbocycles. The van der Waals surface area contributed by atoms with E-state index in [1.807, 2.05) is 56.3 Å². The molecule has 0 amide bonds. The van der Waals surface area contributed by atoms with Crippen molar-refractivity contribution in [2.45, 2.75) is 13.8 Å². The number of aryl methyl sites for hydroxylation is 2. The third-order valence-corrected chi connectivity index (χ3v) is 3.99. The van der Waals surface area contributed by atoms with Gasteiger partial charge in [0.15, 0.2) is 0 Å². The van der Waals surface area contributed by atoms with Gasteiger partial charge >= 0.3 is 0 Å². The molecule has 0 saturated carbocycles. The van der Waals surface area contributed by atoms with E-state index in [0.717, 1.165) is 38.5 Å². The van der Waals surface area contributed by atoms with Gasteiger partial charge in [-0.1, -0.05) is 47.1 Å². The van der Waals surface area contributed by atoms with Gasteiger partial charge in [-0.2, -0.15) is 0 Å². The minimum atomic E-state index is 0.326. The molecule has 3 nitrogen and oxygen atoms in total. The number of benzene rings is 2. The maximum absolute atomic E-state index is 6.09. The zero-order valence-electron chi connectivity index (χ0n) is 11.9.